The summed E-state index contributed by atoms with van der Waals surface area (Å²) in [6, 6.07) is 13.7. The van der Waals surface area contributed by atoms with Gasteiger partial charge in [0.2, 0.25) is 5.76 Å². The Morgan fingerprint density at radius 1 is 1.03 bits per heavy atom. The Labute approximate surface area is 213 Å². The summed E-state index contributed by atoms with van der Waals surface area (Å²) in [4.78, 5) is 24.7. The first kappa shape index (κ1) is 25.1. The molecule has 2 aliphatic rings. The van der Waals surface area contributed by atoms with E-state index in [0.29, 0.717) is 24.9 Å². The molecule has 0 spiro atoms. The predicted octanol–water partition coefficient (Wildman–Crippen LogP) is 5.96. The van der Waals surface area contributed by atoms with Crippen LogP contribution in [0.5, 0.6) is 0 Å². The minimum atomic E-state index is -4.82. The Bertz CT molecular complexity index is 1210. The van der Waals surface area contributed by atoms with Crippen molar-refractivity contribution in [1.82, 2.24) is 9.97 Å². The average molecular weight is 514 g/mol. The average Bonchev–Trinajstić information content (AvgIpc) is 3.37. The summed E-state index contributed by atoms with van der Waals surface area (Å²) in [7, 11) is 0. The van der Waals surface area contributed by atoms with Gasteiger partial charge in [-0.3, -0.25) is 4.79 Å². The lowest BCUT2D eigenvalue weighted by atomic mass is 9.89. The second kappa shape index (κ2) is 10.4. The molecular weight excluding hydrogens is 483 g/mol. The Morgan fingerprint density at radius 2 is 1.78 bits per heavy atom. The quantitative estimate of drug-likeness (QED) is 0.454. The zero-order chi connectivity index (χ0) is 26.0. The van der Waals surface area contributed by atoms with Crippen molar-refractivity contribution in [1.29, 1.82) is 0 Å². The molecule has 1 atom stereocenters. The normalized spacial score (nSPS) is 19.2. The van der Waals surface area contributed by atoms with Crippen molar-refractivity contribution >= 4 is 23.4 Å². The van der Waals surface area contributed by atoms with Gasteiger partial charge in [0, 0.05) is 26.2 Å². The predicted molar refractivity (Wildman–Crippen MR) is 135 cm³/mol. The maximum atomic E-state index is 13.7. The fourth-order valence-corrected chi connectivity index (χ4v) is 5.16. The molecule has 0 aliphatic carbocycles. The number of alkyl halides is 3. The van der Waals surface area contributed by atoms with Crippen LogP contribution < -0.4 is 15.1 Å². The SMILES string of the molecule is CC1CCCN(c2nc(C(F)(F)F)c(C(=O)Nc3ccc(N4CCC(c5ccccc5)CC4)nc3)o2)C1. The molecule has 2 saturated heterocycles. The monoisotopic (exact) mass is 513 g/mol. The number of halogens is 3. The minimum Gasteiger partial charge on any atom is -0.417 e. The Morgan fingerprint density at radius 3 is 2.43 bits per heavy atom. The molecule has 37 heavy (non-hydrogen) atoms. The van der Waals surface area contributed by atoms with Gasteiger partial charge >= 0.3 is 6.18 Å². The lowest BCUT2D eigenvalue weighted by molar-refractivity contribution is -0.141. The summed E-state index contributed by atoms with van der Waals surface area (Å²) in [5.74, 6) is -0.261. The van der Waals surface area contributed by atoms with Crippen LogP contribution in [0.4, 0.5) is 30.7 Å². The lowest BCUT2D eigenvalue weighted by Gasteiger charge is -2.33. The maximum Gasteiger partial charge on any atom is 0.437 e. The van der Waals surface area contributed by atoms with Gasteiger partial charge < -0.3 is 19.5 Å². The number of nitrogens with one attached hydrogen (secondary N) is 1. The van der Waals surface area contributed by atoms with E-state index < -0.39 is 23.5 Å². The van der Waals surface area contributed by atoms with Gasteiger partial charge in [-0.1, -0.05) is 37.3 Å². The van der Waals surface area contributed by atoms with E-state index in [1.165, 1.54) is 11.8 Å². The van der Waals surface area contributed by atoms with Crippen molar-refractivity contribution < 1.29 is 22.4 Å². The van der Waals surface area contributed by atoms with Gasteiger partial charge in [-0.2, -0.15) is 18.2 Å². The van der Waals surface area contributed by atoms with Crippen LogP contribution >= 0.6 is 0 Å². The second-order valence-corrected chi connectivity index (χ2v) is 9.90. The van der Waals surface area contributed by atoms with Crippen LogP contribution in [0.1, 0.15) is 60.3 Å². The highest BCUT2D eigenvalue weighted by Crippen LogP contribution is 2.35. The van der Waals surface area contributed by atoms with Gasteiger partial charge in [0.15, 0.2) is 5.69 Å². The van der Waals surface area contributed by atoms with Crippen molar-refractivity contribution in [3.05, 3.63) is 65.7 Å². The zero-order valence-electron chi connectivity index (χ0n) is 20.7. The molecular formula is C27H30F3N5O2. The minimum absolute atomic E-state index is 0.170. The third kappa shape index (κ3) is 5.73. The fourth-order valence-electron chi connectivity index (χ4n) is 5.16. The number of oxazole rings is 1. The Kier molecular flexibility index (Phi) is 7.08. The van der Waals surface area contributed by atoms with Crippen molar-refractivity contribution in [2.45, 2.75) is 44.7 Å². The maximum absolute atomic E-state index is 13.7. The van der Waals surface area contributed by atoms with Gasteiger partial charge in [-0.05, 0) is 55.2 Å². The van der Waals surface area contributed by atoms with Crippen LogP contribution in [-0.4, -0.2) is 42.1 Å². The van der Waals surface area contributed by atoms with Crippen molar-refractivity contribution in [2.75, 3.05) is 41.3 Å². The molecule has 10 heteroatoms. The van der Waals surface area contributed by atoms with E-state index in [1.54, 1.807) is 17.0 Å². The van der Waals surface area contributed by atoms with Crippen molar-refractivity contribution in [3.8, 4) is 0 Å². The molecule has 2 aromatic heterocycles. The molecule has 0 radical (unpaired) electrons. The van der Waals surface area contributed by atoms with E-state index in [9.17, 15) is 18.0 Å². The number of carbonyl (C=O) groups is 1. The summed E-state index contributed by atoms with van der Waals surface area (Å²) >= 11 is 0. The molecule has 0 bridgehead atoms. The summed E-state index contributed by atoms with van der Waals surface area (Å²) in [6.07, 6.45) is 0.471. The fraction of sp³-hybridized carbons (Fsp3) is 0.444. The standard InChI is InChI=1S/C27H30F3N5O2/c1-18-6-5-13-35(17-18)26-33-24(27(28,29)30)23(37-26)25(36)32-21-9-10-22(31-16-21)34-14-11-20(12-15-34)19-7-3-2-4-8-19/h2-4,7-10,16,18,20H,5-6,11-15,17H2,1H3,(H,32,36). The number of aromatic nitrogens is 2. The van der Waals surface area contributed by atoms with Gasteiger partial charge in [0.25, 0.3) is 11.9 Å². The molecule has 7 nitrogen and oxygen atoms in total. The van der Waals surface area contributed by atoms with E-state index in [2.05, 4.69) is 44.5 Å². The molecule has 2 fully saturated rings. The van der Waals surface area contributed by atoms with E-state index in [-0.39, 0.29) is 11.7 Å². The number of hydrogen-bond acceptors (Lipinski definition) is 6. The summed E-state index contributed by atoms with van der Waals surface area (Å²) in [5.41, 5.74) is 0.312. The first-order valence-electron chi connectivity index (χ1n) is 12.7. The number of hydrogen-bond donors (Lipinski definition) is 1. The molecule has 1 aromatic carbocycles. The third-order valence-corrected chi connectivity index (χ3v) is 7.11. The van der Waals surface area contributed by atoms with Crippen LogP contribution in [-0.2, 0) is 6.18 Å². The van der Waals surface area contributed by atoms with Crippen LogP contribution in [0.3, 0.4) is 0 Å². The number of nitrogens with zero attached hydrogens (tertiary/aromatic N) is 4. The van der Waals surface area contributed by atoms with Crippen LogP contribution in [0, 0.1) is 5.92 Å². The molecule has 1 unspecified atom stereocenters. The van der Waals surface area contributed by atoms with E-state index in [0.717, 1.165) is 44.6 Å². The second-order valence-electron chi connectivity index (χ2n) is 9.90. The number of piperidine rings is 2. The van der Waals surface area contributed by atoms with Gasteiger partial charge in [-0.15, -0.1) is 0 Å². The van der Waals surface area contributed by atoms with Crippen molar-refractivity contribution in [3.63, 3.8) is 0 Å². The highest BCUT2D eigenvalue weighted by Gasteiger charge is 2.42. The summed E-state index contributed by atoms with van der Waals surface area (Å²) < 4.78 is 46.4. The summed E-state index contributed by atoms with van der Waals surface area (Å²) in [6.45, 7) is 4.80. The molecule has 196 valence electrons. The molecule has 1 N–H and O–H groups in total. The zero-order valence-corrected chi connectivity index (χ0v) is 20.7. The number of carbonyl (C=O) groups excluding carboxylic acids is 1. The number of amides is 1. The number of anilines is 3. The van der Waals surface area contributed by atoms with Gasteiger partial charge in [0.1, 0.15) is 5.82 Å². The van der Waals surface area contributed by atoms with E-state index in [4.69, 9.17) is 4.42 Å². The van der Waals surface area contributed by atoms with Crippen LogP contribution in [0.15, 0.2) is 53.1 Å². The number of benzene rings is 1. The number of pyridine rings is 1. The Hall–Kier alpha value is -3.56. The molecule has 0 saturated carbocycles. The number of rotatable bonds is 5. The first-order chi connectivity index (χ1) is 17.8. The smallest absolute Gasteiger partial charge is 0.417 e. The highest BCUT2D eigenvalue weighted by molar-refractivity contribution is 6.03. The largest absolute Gasteiger partial charge is 0.437 e. The molecule has 1 amide bonds. The molecule has 4 heterocycles. The first-order valence-corrected chi connectivity index (χ1v) is 12.7. The molecule has 3 aromatic rings. The topological polar surface area (TPSA) is 74.5 Å². The molecule has 5 rings (SSSR count). The third-order valence-electron chi connectivity index (χ3n) is 7.11. The Balaban J connectivity index is 1.25. The van der Waals surface area contributed by atoms with Crippen LogP contribution in [0.2, 0.25) is 0 Å². The van der Waals surface area contributed by atoms with Crippen molar-refractivity contribution in [2.24, 2.45) is 5.92 Å². The van der Waals surface area contributed by atoms with Gasteiger partial charge in [-0.25, -0.2) is 4.98 Å². The van der Waals surface area contributed by atoms with Crippen LogP contribution in [0.25, 0.3) is 0 Å². The lowest BCUT2D eigenvalue weighted by Crippen LogP contribution is -2.34. The van der Waals surface area contributed by atoms with E-state index in [1.807, 2.05) is 13.0 Å². The molecule has 2 aliphatic heterocycles. The van der Waals surface area contributed by atoms with Gasteiger partial charge in [0.05, 0.1) is 11.9 Å². The summed E-state index contributed by atoms with van der Waals surface area (Å²) in [5, 5.41) is 2.48. The highest BCUT2D eigenvalue weighted by atomic mass is 19.4. The van der Waals surface area contributed by atoms with E-state index >= 15 is 0 Å².